The van der Waals surface area contributed by atoms with Gasteiger partial charge in [-0.3, -0.25) is 0 Å². The first-order valence-corrected chi connectivity index (χ1v) is 16.8. The van der Waals surface area contributed by atoms with Gasteiger partial charge in [-0.25, -0.2) is 0 Å². The summed E-state index contributed by atoms with van der Waals surface area (Å²) in [6, 6.07) is 18.6. The van der Waals surface area contributed by atoms with Gasteiger partial charge in [0.1, 0.15) is 0 Å². The second kappa shape index (κ2) is 13.9. The molecule has 0 aliphatic rings. The number of hydrogen-bond acceptors (Lipinski definition) is 4. The Kier molecular flexibility index (Phi) is 10.7. The lowest BCUT2D eigenvalue weighted by atomic mass is 10.1. The molecule has 0 radical (unpaired) electrons. The van der Waals surface area contributed by atoms with Crippen LogP contribution in [0, 0.1) is 5.92 Å². The van der Waals surface area contributed by atoms with Crippen LogP contribution in [0.5, 0.6) is 0 Å². The molecule has 0 N–H and O–H groups in total. The molecule has 0 nitrogen and oxygen atoms in total. The summed E-state index contributed by atoms with van der Waals surface area (Å²) in [5, 5.41) is 0. The number of thiophene rings is 4. The maximum absolute atomic E-state index is 2.36. The van der Waals surface area contributed by atoms with Crippen LogP contribution in [-0.4, -0.2) is 0 Å². The van der Waals surface area contributed by atoms with Gasteiger partial charge in [0.25, 0.3) is 0 Å². The highest BCUT2D eigenvalue weighted by molar-refractivity contribution is 7.28. The number of hydrogen-bond donors (Lipinski definition) is 0. The standard InChI is InChI=1S/C31H40S4/c1-4-5-6-7-8-9-10-11-12-13-24-14-16-26(32-24)28-18-20-30(34-28)31-21-19-29(35-31)27-17-15-25(33-27)22-23(2)3/h14-21,23H,4-13,22H2,1-3H3. The van der Waals surface area contributed by atoms with Crippen LogP contribution in [0.3, 0.4) is 0 Å². The van der Waals surface area contributed by atoms with Crippen molar-refractivity contribution in [2.24, 2.45) is 5.92 Å². The average molecular weight is 541 g/mol. The zero-order valence-corrected chi connectivity index (χ0v) is 24.9. The molecule has 0 fully saturated rings. The largest absolute Gasteiger partial charge is 0.139 e. The SMILES string of the molecule is CCCCCCCCCCCc1ccc(-c2ccc(-c3ccc(-c4ccc(CC(C)C)s4)s3)s2)s1. The minimum Gasteiger partial charge on any atom is -0.139 e. The summed E-state index contributed by atoms with van der Waals surface area (Å²) >= 11 is 7.83. The van der Waals surface area contributed by atoms with E-state index in [2.05, 4.69) is 69.3 Å². The van der Waals surface area contributed by atoms with Gasteiger partial charge in [0, 0.05) is 39.0 Å². The zero-order chi connectivity index (χ0) is 24.5. The summed E-state index contributed by atoms with van der Waals surface area (Å²) in [5.41, 5.74) is 0. The Morgan fingerprint density at radius 1 is 0.486 bits per heavy atom. The summed E-state index contributed by atoms with van der Waals surface area (Å²) in [6.45, 7) is 6.89. The Morgan fingerprint density at radius 3 is 1.40 bits per heavy atom. The Balaban J connectivity index is 1.26. The van der Waals surface area contributed by atoms with E-state index in [1.54, 1.807) is 4.88 Å². The maximum atomic E-state index is 2.36. The van der Waals surface area contributed by atoms with E-state index in [9.17, 15) is 0 Å². The van der Waals surface area contributed by atoms with E-state index in [1.165, 1.54) is 105 Å². The van der Waals surface area contributed by atoms with E-state index >= 15 is 0 Å². The van der Waals surface area contributed by atoms with Gasteiger partial charge in [-0.05, 0) is 73.7 Å². The van der Waals surface area contributed by atoms with E-state index in [0.29, 0.717) is 5.92 Å². The fourth-order valence-electron chi connectivity index (χ4n) is 4.48. The molecular formula is C31H40S4. The highest BCUT2D eigenvalue weighted by Gasteiger charge is 2.12. The van der Waals surface area contributed by atoms with Crippen LogP contribution in [0.4, 0.5) is 0 Å². The molecule has 0 saturated carbocycles. The highest BCUT2D eigenvalue weighted by Crippen LogP contribution is 2.43. The van der Waals surface area contributed by atoms with Crippen molar-refractivity contribution in [1.82, 2.24) is 0 Å². The molecule has 188 valence electrons. The molecule has 4 aromatic rings. The van der Waals surface area contributed by atoms with Crippen molar-refractivity contribution in [1.29, 1.82) is 0 Å². The van der Waals surface area contributed by atoms with Crippen LogP contribution in [0.15, 0.2) is 48.5 Å². The molecule has 0 aliphatic carbocycles. The monoisotopic (exact) mass is 540 g/mol. The topological polar surface area (TPSA) is 0 Å². The molecule has 4 rings (SSSR count). The zero-order valence-electron chi connectivity index (χ0n) is 21.6. The van der Waals surface area contributed by atoms with Gasteiger partial charge in [-0.15, -0.1) is 45.3 Å². The van der Waals surface area contributed by atoms with Crippen molar-refractivity contribution in [3.63, 3.8) is 0 Å². The van der Waals surface area contributed by atoms with E-state index in [0.717, 1.165) is 0 Å². The van der Waals surface area contributed by atoms with E-state index in [-0.39, 0.29) is 0 Å². The Hall–Kier alpha value is -1.20. The summed E-state index contributed by atoms with van der Waals surface area (Å²) in [6.07, 6.45) is 15.0. The molecule has 0 amide bonds. The lowest BCUT2D eigenvalue weighted by molar-refractivity contribution is 0.565. The summed E-state index contributed by atoms with van der Waals surface area (Å²) in [7, 11) is 0. The minimum absolute atomic E-state index is 0.716. The summed E-state index contributed by atoms with van der Waals surface area (Å²) < 4.78 is 0. The Morgan fingerprint density at radius 2 is 0.886 bits per heavy atom. The van der Waals surface area contributed by atoms with Crippen molar-refractivity contribution in [2.75, 3.05) is 0 Å². The molecule has 4 heterocycles. The van der Waals surface area contributed by atoms with Crippen LogP contribution < -0.4 is 0 Å². The third-order valence-corrected chi connectivity index (χ3v) is 11.4. The fourth-order valence-corrected chi connectivity index (χ4v) is 9.03. The number of unbranched alkanes of at least 4 members (excludes halogenated alkanes) is 8. The number of aryl methyl sites for hydroxylation is 1. The molecule has 0 saturated heterocycles. The molecule has 4 aromatic heterocycles. The second-order valence-electron chi connectivity index (χ2n) is 10.0. The fraction of sp³-hybridized carbons (Fsp3) is 0.484. The van der Waals surface area contributed by atoms with Crippen LogP contribution in [-0.2, 0) is 12.8 Å². The molecule has 4 heteroatoms. The first-order chi connectivity index (χ1) is 17.1. The van der Waals surface area contributed by atoms with Crippen molar-refractivity contribution in [3.05, 3.63) is 58.3 Å². The van der Waals surface area contributed by atoms with Crippen molar-refractivity contribution < 1.29 is 0 Å². The third-order valence-electron chi connectivity index (χ3n) is 6.40. The van der Waals surface area contributed by atoms with Gasteiger partial charge in [-0.1, -0.05) is 72.1 Å². The Labute approximate surface area is 229 Å². The van der Waals surface area contributed by atoms with E-state index < -0.39 is 0 Å². The van der Waals surface area contributed by atoms with Crippen molar-refractivity contribution in [2.45, 2.75) is 91.4 Å². The smallest absolute Gasteiger partial charge is 0.0449 e. The van der Waals surface area contributed by atoms with Crippen LogP contribution in [0.1, 0.15) is 88.3 Å². The average Bonchev–Trinajstić information content (AvgIpc) is 3.63. The first-order valence-electron chi connectivity index (χ1n) is 13.5. The number of rotatable bonds is 15. The Bertz CT molecular complexity index is 1140. The van der Waals surface area contributed by atoms with Gasteiger partial charge in [0.2, 0.25) is 0 Å². The van der Waals surface area contributed by atoms with Crippen LogP contribution in [0.25, 0.3) is 29.3 Å². The van der Waals surface area contributed by atoms with Gasteiger partial charge in [0.05, 0.1) is 0 Å². The minimum atomic E-state index is 0.716. The molecule has 0 aromatic carbocycles. The molecule has 35 heavy (non-hydrogen) atoms. The first kappa shape index (κ1) is 26.9. The van der Waals surface area contributed by atoms with Crippen molar-refractivity contribution >= 4 is 45.3 Å². The highest BCUT2D eigenvalue weighted by atomic mass is 32.1. The quantitative estimate of drug-likeness (QED) is 0.131. The van der Waals surface area contributed by atoms with Gasteiger partial charge < -0.3 is 0 Å². The van der Waals surface area contributed by atoms with Gasteiger partial charge >= 0.3 is 0 Å². The maximum Gasteiger partial charge on any atom is 0.0449 e. The molecule has 0 aliphatic heterocycles. The second-order valence-corrected chi connectivity index (χ2v) is 14.5. The van der Waals surface area contributed by atoms with E-state index in [4.69, 9.17) is 0 Å². The lowest BCUT2D eigenvalue weighted by Gasteiger charge is -2.01. The predicted octanol–water partition coefficient (Wildman–Crippen LogP) is 12.2. The lowest BCUT2D eigenvalue weighted by Crippen LogP contribution is -1.89. The summed E-state index contributed by atoms with van der Waals surface area (Å²) in [5.74, 6) is 0.716. The van der Waals surface area contributed by atoms with Gasteiger partial charge in [0.15, 0.2) is 0 Å². The molecule has 0 bridgehead atoms. The molecule has 0 atom stereocenters. The van der Waals surface area contributed by atoms with Crippen LogP contribution >= 0.6 is 45.3 Å². The normalized spacial score (nSPS) is 11.7. The molecule has 0 spiro atoms. The summed E-state index contributed by atoms with van der Waals surface area (Å²) in [4.78, 5) is 11.5. The van der Waals surface area contributed by atoms with E-state index in [1.807, 2.05) is 45.3 Å². The van der Waals surface area contributed by atoms with Gasteiger partial charge in [-0.2, -0.15) is 0 Å². The molecule has 0 unspecified atom stereocenters. The predicted molar refractivity (Wildman–Crippen MR) is 164 cm³/mol. The third kappa shape index (κ3) is 8.15. The van der Waals surface area contributed by atoms with Crippen molar-refractivity contribution in [3.8, 4) is 29.3 Å². The van der Waals surface area contributed by atoms with Crippen LogP contribution in [0.2, 0.25) is 0 Å². The molecular weight excluding hydrogens is 501 g/mol.